The van der Waals surface area contributed by atoms with Gasteiger partial charge in [-0.2, -0.15) is 0 Å². The first-order valence-electron chi connectivity index (χ1n) is 7.47. The highest BCUT2D eigenvalue weighted by Crippen LogP contribution is 2.30. The summed E-state index contributed by atoms with van der Waals surface area (Å²) in [6.07, 6.45) is 3.39. The predicted octanol–water partition coefficient (Wildman–Crippen LogP) is 2.40. The molecule has 1 aromatic carbocycles. The number of thiophene rings is 1. The minimum Gasteiger partial charge on any atom is -0.350 e. The van der Waals surface area contributed by atoms with Gasteiger partial charge in [0.1, 0.15) is 0 Å². The fourth-order valence-electron chi connectivity index (χ4n) is 2.57. The molecule has 0 spiro atoms. The third-order valence-electron chi connectivity index (χ3n) is 3.70. The van der Waals surface area contributed by atoms with Crippen LogP contribution in [0.4, 0.5) is 0 Å². The molecule has 1 aromatic heterocycles. The molecule has 0 atom stereocenters. The first kappa shape index (κ1) is 14.8. The number of carbonyl (C=O) groups excluding carboxylic acids is 2. The topological polar surface area (TPSA) is 58.2 Å². The molecule has 0 unspecified atom stereocenters. The van der Waals surface area contributed by atoms with E-state index in [0.717, 1.165) is 17.7 Å². The van der Waals surface area contributed by atoms with E-state index in [9.17, 15) is 9.59 Å². The van der Waals surface area contributed by atoms with Crippen LogP contribution in [0.3, 0.4) is 0 Å². The van der Waals surface area contributed by atoms with Gasteiger partial charge in [-0.25, -0.2) is 0 Å². The molecule has 1 aliphatic rings. The van der Waals surface area contributed by atoms with Gasteiger partial charge in [-0.1, -0.05) is 18.2 Å². The molecule has 0 aliphatic heterocycles. The predicted molar refractivity (Wildman–Crippen MR) is 87.5 cm³/mol. The van der Waals surface area contributed by atoms with E-state index in [1.807, 2.05) is 24.3 Å². The Bertz CT molecular complexity index is 658. The van der Waals surface area contributed by atoms with Crippen molar-refractivity contribution in [2.75, 3.05) is 13.1 Å². The molecule has 114 valence electrons. The molecule has 0 saturated carbocycles. The molecule has 1 aliphatic carbocycles. The largest absolute Gasteiger partial charge is 0.350 e. The number of fused-ring (bicyclic) bond motifs is 1. The van der Waals surface area contributed by atoms with E-state index >= 15 is 0 Å². The van der Waals surface area contributed by atoms with Crippen LogP contribution in [-0.4, -0.2) is 24.9 Å². The van der Waals surface area contributed by atoms with Crippen LogP contribution in [0.1, 0.15) is 36.9 Å². The number of carbonyl (C=O) groups is 2. The van der Waals surface area contributed by atoms with Crippen LogP contribution in [0.15, 0.2) is 36.4 Å². The second-order valence-electron chi connectivity index (χ2n) is 5.29. The van der Waals surface area contributed by atoms with E-state index in [1.165, 1.54) is 16.9 Å². The minimum atomic E-state index is -0.120. The molecule has 0 radical (unpaired) electrons. The van der Waals surface area contributed by atoms with E-state index in [4.69, 9.17) is 0 Å². The Hall–Kier alpha value is -2.14. The van der Waals surface area contributed by atoms with Crippen LogP contribution in [0.25, 0.3) is 0 Å². The maximum atomic E-state index is 12.1. The molecule has 5 heteroatoms. The zero-order valence-electron chi connectivity index (χ0n) is 12.2. The van der Waals surface area contributed by atoms with Crippen LogP contribution < -0.4 is 10.6 Å². The summed E-state index contributed by atoms with van der Waals surface area (Å²) in [7, 11) is 0. The molecule has 2 N–H and O–H groups in total. The number of aryl methyl sites for hydroxylation is 2. The molecular weight excluding hydrogens is 296 g/mol. The first-order chi connectivity index (χ1) is 10.7. The Balaban J connectivity index is 1.43. The molecule has 0 saturated heterocycles. The third-order valence-corrected chi connectivity index (χ3v) is 4.94. The summed E-state index contributed by atoms with van der Waals surface area (Å²) in [6, 6.07) is 11.1. The molecule has 3 rings (SSSR count). The van der Waals surface area contributed by atoms with Crippen LogP contribution in [-0.2, 0) is 12.8 Å². The van der Waals surface area contributed by atoms with Crippen LogP contribution in [0, 0.1) is 0 Å². The highest BCUT2D eigenvalue weighted by atomic mass is 32.1. The highest BCUT2D eigenvalue weighted by Gasteiger charge is 2.18. The number of rotatable bonds is 5. The average Bonchev–Trinajstić information content (AvgIpc) is 3.13. The lowest BCUT2D eigenvalue weighted by molar-refractivity contribution is 0.0929. The third kappa shape index (κ3) is 3.36. The van der Waals surface area contributed by atoms with Gasteiger partial charge in [0, 0.05) is 23.5 Å². The average molecular weight is 314 g/mol. The first-order valence-corrected chi connectivity index (χ1v) is 8.29. The standard InChI is InChI=1S/C17H18N2O2S/c20-16(12-5-2-1-3-6-12)18-9-10-19-17(21)15-11-13-7-4-8-14(13)22-15/h1-3,5-6,11H,4,7-10H2,(H,18,20)(H,19,21). The Morgan fingerprint density at radius 3 is 2.45 bits per heavy atom. The molecule has 2 amide bonds. The van der Waals surface area contributed by atoms with Crippen molar-refractivity contribution < 1.29 is 9.59 Å². The number of hydrogen-bond acceptors (Lipinski definition) is 3. The van der Waals surface area contributed by atoms with Crippen LogP contribution >= 0.6 is 11.3 Å². The lowest BCUT2D eigenvalue weighted by atomic mass is 10.2. The van der Waals surface area contributed by atoms with Crippen molar-refractivity contribution in [3.8, 4) is 0 Å². The van der Waals surface area contributed by atoms with E-state index < -0.39 is 0 Å². The van der Waals surface area contributed by atoms with Crippen molar-refractivity contribution >= 4 is 23.2 Å². The number of nitrogens with one attached hydrogen (secondary N) is 2. The van der Waals surface area contributed by atoms with Crippen molar-refractivity contribution in [3.63, 3.8) is 0 Å². The van der Waals surface area contributed by atoms with Gasteiger partial charge in [0.05, 0.1) is 4.88 Å². The Morgan fingerprint density at radius 1 is 1.00 bits per heavy atom. The summed E-state index contributed by atoms with van der Waals surface area (Å²) in [4.78, 5) is 26.0. The Morgan fingerprint density at radius 2 is 1.73 bits per heavy atom. The zero-order chi connectivity index (χ0) is 15.4. The second-order valence-corrected chi connectivity index (χ2v) is 6.43. The van der Waals surface area contributed by atoms with Gasteiger partial charge in [0.2, 0.25) is 0 Å². The lowest BCUT2D eigenvalue weighted by Gasteiger charge is -2.06. The summed E-state index contributed by atoms with van der Waals surface area (Å²) >= 11 is 1.59. The Kier molecular flexibility index (Phi) is 4.53. The summed E-state index contributed by atoms with van der Waals surface area (Å²) < 4.78 is 0. The quantitative estimate of drug-likeness (QED) is 0.833. The number of hydrogen-bond donors (Lipinski definition) is 2. The van der Waals surface area contributed by atoms with Crippen molar-refractivity contribution in [2.45, 2.75) is 19.3 Å². The summed E-state index contributed by atoms with van der Waals surface area (Å²) in [6.45, 7) is 0.852. The molecule has 0 fully saturated rings. The molecule has 1 heterocycles. The van der Waals surface area contributed by atoms with Gasteiger partial charge in [-0.15, -0.1) is 11.3 Å². The molecule has 2 aromatic rings. The van der Waals surface area contributed by atoms with Crippen molar-refractivity contribution in [3.05, 3.63) is 57.3 Å². The number of benzene rings is 1. The minimum absolute atomic E-state index is 0.0478. The maximum Gasteiger partial charge on any atom is 0.261 e. The van der Waals surface area contributed by atoms with Gasteiger partial charge in [0.15, 0.2) is 0 Å². The van der Waals surface area contributed by atoms with Gasteiger partial charge >= 0.3 is 0 Å². The van der Waals surface area contributed by atoms with E-state index in [-0.39, 0.29) is 11.8 Å². The normalized spacial score (nSPS) is 12.7. The fourth-order valence-corrected chi connectivity index (χ4v) is 3.74. The van der Waals surface area contributed by atoms with Gasteiger partial charge < -0.3 is 10.6 Å². The smallest absolute Gasteiger partial charge is 0.261 e. The zero-order valence-corrected chi connectivity index (χ0v) is 13.0. The van der Waals surface area contributed by atoms with Crippen LogP contribution in [0.5, 0.6) is 0 Å². The van der Waals surface area contributed by atoms with Crippen molar-refractivity contribution in [1.29, 1.82) is 0 Å². The highest BCUT2D eigenvalue weighted by molar-refractivity contribution is 7.14. The summed E-state index contributed by atoms with van der Waals surface area (Å²) in [5.41, 5.74) is 1.95. The van der Waals surface area contributed by atoms with Crippen molar-refractivity contribution in [1.82, 2.24) is 10.6 Å². The fraction of sp³-hybridized carbons (Fsp3) is 0.294. The van der Waals surface area contributed by atoms with Crippen LogP contribution in [0.2, 0.25) is 0 Å². The second kappa shape index (κ2) is 6.75. The number of amides is 2. The van der Waals surface area contributed by atoms with Gasteiger partial charge in [-0.05, 0) is 43.0 Å². The SMILES string of the molecule is O=C(NCCNC(=O)c1cc2c(s1)CCC2)c1ccccc1. The van der Waals surface area contributed by atoms with Gasteiger partial charge in [0.25, 0.3) is 11.8 Å². The lowest BCUT2D eigenvalue weighted by Crippen LogP contribution is -2.34. The Labute approximate surface area is 133 Å². The summed E-state index contributed by atoms with van der Waals surface area (Å²) in [5, 5.41) is 5.65. The monoisotopic (exact) mass is 314 g/mol. The van der Waals surface area contributed by atoms with E-state index in [2.05, 4.69) is 10.6 Å². The maximum absolute atomic E-state index is 12.1. The molecule has 0 bridgehead atoms. The van der Waals surface area contributed by atoms with Gasteiger partial charge in [-0.3, -0.25) is 9.59 Å². The van der Waals surface area contributed by atoms with E-state index in [0.29, 0.717) is 18.7 Å². The molecule has 4 nitrogen and oxygen atoms in total. The summed E-state index contributed by atoms with van der Waals surface area (Å²) in [5.74, 6) is -0.168. The van der Waals surface area contributed by atoms with E-state index in [1.54, 1.807) is 23.5 Å². The molecule has 22 heavy (non-hydrogen) atoms. The molecular formula is C17H18N2O2S. The van der Waals surface area contributed by atoms with Crippen molar-refractivity contribution in [2.24, 2.45) is 0 Å².